The number of pyridine rings is 1. The van der Waals surface area contributed by atoms with Crippen molar-refractivity contribution in [2.45, 2.75) is 12.7 Å². The number of ether oxygens (including phenoxy) is 2. The zero-order chi connectivity index (χ0) is 11.7. The molecule has 4 heteroatoms. The SMILES string of the molecule is Nc1ccc2ccc(C3OCCCO3)cc2n1. The van der Waals surface area contributed by atoms with Crippen molar-refractivity contribution in [3.63, 3.8) is 0 Å². The molecule has 2 N–H and O–H groups in total. The van der Waals surface area contributed by atoms with Crippen LogP contribution in [0.15, 0.2) is 30.3 Å². The molecule has 3 rings (SSSR count). The van der Waals surface area contributed by atoms with Gasteiger partial charge in [0, 0.05) is 10.9 Å². The van der Waals surface area contributed by atoms with Gasteiger partial charge in [-0.25, -0.2) is 4.98 Å². The van der Waals surface area contributed by atoms with Gasteiger partial charge in [0.05, 0.1) is 18.7 Å². The van der Waals surface area contributed by atoms with Crippen molar-refractivity contribution < 1.29 is 9.47 Å². The molecule has 1 aromatic carbocycles. The molecule has 1 fully saturated rings. The quantitative estimate of drug-likeness (QED) is 0.816. The van der Waals surface area contributed by atoms with Gasteiger partial charge in [0.15, 0.2) is 6.29 Å². The Labute approximate surface area is 99.4 Å². The van der Waals surface area contributed by atoms with E-state index in [1.54, 1.807) is 6.07 Å². The summed E-state index contributed by atoms with van der Waals surface area (Å²) >= 11 is 0. The molecular formula is C13H14N2O2. The highest BCUT2D eigenvalue weighted by molar-refractivity contribution is 5.80. The van der Waals surface area contributed by atoms with Crippen LogP contribution in [0.4, 0.5) is 5.82 Å². The van der Waals surface area contributed by atoms with E-state index in [1.165, 1.54) is 0 Å². The van der Waals surface area contributed by atoms with Crippen LogP contribution in [0, 0.1) is 0 Å². The lowest BCUT2D eigenvalue weighted by atomic mass is 10.1. The maximum Gasteiger partial charge on any atom is 0.183 e. The molecule has 2 heterocycles. The average Bonchev–Trinajstić information content (AvgIpc) is 2.39. The highest BCUT2D eigenvalue weighted by atomic mass is 16.7. The predicted molar refractivity (Wildman–Crippen MR) is 65.4 cm³/mol. The average molecular weight is 230 g/mol. The van der Waals surface area contributed by atoms with Crippen LogP contribution in [0.25, 0.3) is 10.9 Å². The van der Waals surface area contributed by atoms with Crippen LogP contribution in [0.1, 0.15) is 18.3 Å². The molecule has 0 unspecified atom stereocenters. The first-order chi connectivity index (χ1) is 8.33. The summed E-state index contributed by atoms with van der Waals surface area (Å²) < 4.78 is 11.1. The van der Waals surface area contributed by atoms with Gasteiger partial charge in [0.2, 0.25) is 0 Å². The third-order valence-electron chi connectivity index (χ3n) is 2.84. The minimum atomic E-state index is -0.267. The smallest absolute Gasteiger partial charge is 0.183 e. The Bertz CT molecular complexity index is 536. The van der Waals surface area contributed by atoms with Gasteiger partial charge >= 0.3 is 0 Å². The summed E-state index contributed by atoms with van der Waals surface area (Å²) in [6.07, 6.45) is 0.686. The Morgan fingerprint density at radius 2 is 1.88 bits per heavy atom. The molecule has 0 bridgehead atoms. The van der Waals surface area contributed by atoms with E-state index in [0.717, 1.165) is 36.1 Å². The minimum absolute atomic E-state index is 0.267. The number of aromatic nitrogens is 1. The molecule has 4 nitrogen and oxygen atoms in total. The monoisotopic (exact) mass is 230 g/mol. The third kappa shape index (κ3) is 2.09. The van der Waals surface area contributed by atoms with Crippen molar-refractivity contribution in [3.05, 3.63) is 35.9 Å². The summed E-state index contributed by atoms with van der Waals surface area (Å²) in [5, 5.41) is 1.07. The molecule has 1 aliphatic heterocycles. The first kappa shape index (κ1) is 10.5. The molecule has 1 saturated heterocycles. The van der Waals surface area contributed by atoms with Crippen molar-refractivity contribution in [1.82, 2.24) is 4.98 Å². The van der Waals surface area contributed by atoms with E-state index in [0.29, 0.717) is 5.82 Å². The van der Waals surface area contributed by atoms with Crippen LogP contribution >= 0.6 is 0 Å². The fourth-order valence-electron chi connectivity index (χ4n) is 1.98. The summed E-state index contributed by atoms with van der Waals surface area (Å²) in [4.78, 5) is 4.30. The fraction of sp³-hybridized carbons (Fsp3) is 0.308. The zero-order valence-corrected chi connectivity index (χ0v) is 9.43. The van der Waals surface area contributed by atoms with Crippen LogP contribution in [0.2, 0.25) is 0 Å². The maximum absolute atomic E-state index is 5.68. The number of fused-ring (bicyclic) bond motifs is 1. The highest BCUT2D eigenvalue weighted by Crippen LogP contribution is 2.25. The summed E-state index contributed by atoms with van der Waals surface area (Å²) in [7, 11) is 0. The van der Waals surface area contributed by atoms with Crippen LogP contribution in [0.5, 0.6) is 0 Å². The Balaban J connectivity index is 1.99. The maximum atomic E-state index is 5.68. The Morgan fingerprint density at radius 1 is 1.12 bits per heavy atom. The van der Waals surface area contributed by atoms with Gasteiger partial charge in [-0.2, -0.15) is 0 Å². The molecule has 2 aromatic rings. The van der Waals surface area contributed by atoms with Crippen LogP contribution in [-0.2, 0) is 9.47 Å². The number of hydrogen-bond acceptors (Lipinski definition) is 4. The van der Waals surface area contributed by atoms with E-state index < -0.39 is 0 Å². The van der Waals surface area contributed by atoms with E-state index >= 15 is 0 Å². The van der Waals surface area contributed by atoms with Gasteiger partial charge in [-0.3, -0.25) is 0 Å². The van der Waals surface area contributed by atoms with E-state index in [-0.39, 0.29) is 6.29 Å². The largest absolute Gasteiger partial charge is 0.384 e. The molecular weight excluding hydrogens is 216 g/mol. The number of hydrogen-bond donors (Lipinski definition) is 1. The van der Waals surface area contributed by atoms with Crippen molar-refractivity contribution in [2.75, 3.05) is 18.9 Å². The number of nitrogens with zero attached hydrogens (tertiary/aromatic N) is 1. The molecule has 0 spiro atoms. The molecule has 0 aliphatic carbocycles. The molecule has 1 aromatic heterocycles. The van der Waals surface area contributed by atoms with Crippen molar-refractivity contribution in [3.8, 4) is 0 Å². The molecule has 88 valence electrons. The summed E-state index contributed by atoms with van der Waals surface area (Å²) in [5.74, 6) is 0.528. The normalized spacial score (nSPS) is 17.4. The highest BCUT2D eigenvalue weighted by Gasteiger charge is 2.16. The van der Waals surface area contributed by atoms with Crippen molar-refractivity contribution in [1.29, 1.82) is 0 Å². The minimum Gasteiger partial charge on any atom is -0.384 e. The zero-order valence-electron chi connectivity index (χ0n) is 9.43. The van der Waals surface area contributed by atoms with Gasteiger partial charge in [-0.15, -0.1) is 0 Å². The fourth-order valence-corrected chi connectivity index (χ4v) is 1.98. The van der Waals surface area contributed by atoms with Crippen LogP contribution in [-0.4, -0.2) is 18.2 Å². The van der Waals surface area contributed by atoms with E-state index in [1.807, 2.05) is 24.3 Å². The summed E-state index contributed by atoms with van der Waals surface area (Å²) in [5.41, 5.74) is 7.55. The van der Waals surface area contributed by atoms with Crippen LogP contribution < -0.4 is 5.73 Å². The van der Waals surface area contributed by atoms with Crippen molar-refractivity contribution in [2.24, 2.45) is 0 Å². The molecule has 17 heavy (non-hydrogen) atoms. The number of nitrogen functional groups attached to an aromatic ring is 1. The Kier molecular flexibility index (Phi) is 2.66. The second-order valence-corrected chi connectivity index (χ2v) is 4.12. The third-order valence-corrected chi connectivity index (χ3v) is 2.84. The van der Waals surface area contributed by atoms with Crippen LogP contribution in [0.3, 0.4) is 0 Å². The molecule has 0 amide bonds. The summed E-state index contributed by atoms with van der Waals surface area (Å²) in [6.45, 7) is 1.49. The first-order valence-electron chi connectivity index (χ1n) is 5.72. The van der Waals surface area contributed by atoms with E-state index in [4.69, 9.17) is 15.2 Å². The van der Waals surface area contributed by atoms with E-state index in [9.17, 15) is 0 Å². The Hall–Kier alpha value is -1.65. The van der Waals surface area contributed by atoms with Gasteiger partial charge in [0.1, 0.15) is 5.82 Å². The van der Waals surface area contributed by atoms with Gasteiger partial charge in [-0.1, -0.05) is 12.1 Å². The second-order valence-electron chi connectivity index (χ2n) is 4.12. The lowest BCUT2D eigenvalue weighted by Crippen LogP contribution is -2.17. The van der Waals surface area contributed by atoms with E-state index in [2.05, 4.69) is 4.98 Å². The number of anilines is 1. The molecule has 0 saturated carbocycles. The Morgan fingerprint density at radius 3 is 2.71 bits per heavy atom. The van der Waals surface area contributed by atoms with Gasteiger partial charge in [-0.05, 0) is 24.6 Å². The van der Waals surface area contributed by atoms with Gasteiger partial charge in [0.25, 0.3) is 0 Å². The molecule has 0 atom stereocenters. The summed E-state index contributed by atoms with van der Waals surface area (Å²) in [6, 6.07) is 9.76. The standard InChI is InChI=1S/C13H14N2O2/c14-12-5-4-9-2-3-10(8-11(9)15-12)13-16-6-1-7-17-13/h2-5,8,13H,1,6-7H2,(H2,14,15). The number of nitrogens with two attached hydrogens (primary N) is 1. The topological polar surface area (TPSA) is 57.4 Å². The number of rotatable bonds is 1. The lowest BCUT2D eigenvalue weighted by Gasteiger charge is -2.23. The molecule has 1 aliphatic rings. The predicted octanol–water partition coefficient (Wildman–Crippen LogP) is 2.25. The first-order valence-corrected chi connectivity index (χ1v) is 5.72. The lowest BCUT2D eigenvalue weighted by molar-refractivity contribution is -0.182. The number of benzene rings is 1. The van der Waals surface area contributed by atoms with Crippen molar-refractivity contribution >= 4 is 16.7 Å². The van der Waals surface area contributed by atoms with Gasteiger partial charge < -0.3 is 15.2 Å². The second kappa shape index (κ2) is 4.31. The molecule has 0 radical (unpaired) electrons.